The molecule has 5 nitrogen and oxygen atoms in total. The molecule has 0 spiro atoms. The summed E-state index contributed by atoms with van der Waals surface area (Å²) in [5.74, 6) is 4.47. The van der Waals surface area contributed by atoms with Crippen molar-refractivity contribution >= 4 is 5.82 Å². The van der Waals surface area contributed by atoms with Crippen LogP contribution in [-0.4, -0.2) is 21.6 Å². The van der Waals surface area contributed by atoms with E-state index < -0.39 is 4.92 Å². The van der Waals surface area contributed by atoms with Gasteiger partial charge in [-0.2, -0.15) is 0 Å². The third kappa shape index (κ3) is 2.25. The fourth-order valence-corrected chi connectivity index (χ4v) is 0.775. The molecule has 13 heavy (non-hydrogen) atoms. The van der Waals surface area contributed by atoms with Crippen LogP contribution >= 0.6 is 0 Å². The van der Waals surface area contributed by atoms with Crippen LogP contribution in [0.3, 0.4) is 0 Å². The van der Waals surface area contributed by atoms with E-state index in [2.05, 4.69) is 16.8 Å². The highest BCUT2D eigenvalue weighted by molar-refractivity contribution is 5.45. The van der Waals surface area contributed by atoms with Crippen molar-refractivity contribution in [2.45, 2.75) is 0 Å². The van der Waals surface area contributed by atoms with Gasteiger partial charge in [0.15, 0.2) is 0 Å². The summed E-state index contributed by atoms with van der Waals surface area (Å²) in [6, 6.07) is 3.03. The zero-order valence-corrected chi connectivity index (χ0v) is 6.60. The maximum absolute atomic E-state index is 10.4. The third-order valence-corrected chi connectivity index (χ3v) is 1.26. The predicted octanol–water partition coefficient (Wildman–Crippen LogP) is 0.334. The van der Waals surface area contributed by atoms with E-state index in [9.17, 15) is 10.1 Å². The molecule has 0 bridgehead atoms. The molecule has 0 aliphatic rings. The van der Waals surface area contributed by atoms with Gasteiger partial charge in [0.25, 0.3) is 0 Å². The first-order valence-corrected chi connectivity index (χ1v) is 3.45. The molecule has 1 aromatic heterocycles. The lowest BCUT2D eigenvalue weighted by Gasteiger charge is -1.92. The van der Waals surface area contributed by atoms with Crippen molar-refractivity contribution < 1.29 is 10.0 Å². The Morgan fingerprint density at radius 3 is 3.08 bits per heavy atom. The molecule has 0 radical (unpaired) electrons. The average molecular weight is 178 g/mol. The van der Waals surface area contributed by atoms with E-state index >= 15 is 0 Å². The first-order valence-electron chi connectivity index (χ1n) is 3.45. The van der Waals surface area contributed by atoms with E-state index in [4.69, 9.17) is 5.11 Å². The molecule has 66 valence electrons. The van der Waals surface area contributed by atoms with E-state index in [1.54, 1.807) is 6.07 Å². The second kappa shape index (κ2) is 4.18. The van der Waals surface area contributed by atoms with E-state index in [0.717, 1.165) is 0 Å². The predicted molar refractivity (Wildman–Crippen MR) is 44.9 cm³/mol. The SMILES string of the molecule is O=[N+]([O-])c1ncccc1C#CCO. The van der Waals surface area contributed by atoms with Gasteiger partial charge in [-0.3, -0.25) is 0 Å². The Balaban J connectivity index is 3.12. The van der Waals surface area contributed by atoms with E-state index in [1.165, 1.54) is 12.3 Å². The van der Waals surface area contributed by atoms with E-state index in [-0.39, 0.29) is 18.0 Å². The van der Waals surface area contributed by atoms with Gasteiger partial charge >= 0.3 is 5.82 Å². The molecule has 1 aromatic rings. The molecule has 5 heteroatoms. The summed E-state index contributed by atoms with van der Waals surface area (Å²) in [7, 11) is 0. The Bertz CT molecular complexity index is 378. The van der Waals surface area contributed by atoms with Gasteiger partial charge in [-0.25, -0.2) is 0 Å². The number of rotatable bonds is 1. The maximum Gasteiger partial charge on any atom is 0.379 e. The van der Waals surface area contributed by atoms with Crippen LogP contribution in [0.4, 0.5) is 5.82 Å². The van der Waals surface area contributed by atoms with Gasteiger partial charge in [0, 0.05) is 0 Å². The Labute approximate surface area is 74.2 Å². The van der Waals surface area contributed by atoms with E-state index in [0.29, 0.717) is 0 Å². The number of hydrogen-bond donors (Lipinski definition) is 1. The van der Waals surface area contributed by atoms with Gasteiger partial charge < -0.3 is 15.2 Å². The van der Waals surface area contributed by atoms with Crippen molar-refractivity contribution in [3.05, 3.63) is 34.0 Å². The Kier molecular flexibility index (Phi) is 2.95. The summed E-state index contributed by atoms with van der Waals surface area (Å²) < 4.78 is 0. The number of pyridine rings is 1. The lowest BCUT2D eigenvalue weighted by molar-refractivity contribution is -0.389. The fraction of sp³-hybridized carbons (Fsp3) is 0.125. The van der Waals surface area contributed by atoms with Crippen LogP contribution in [0.25, 0.3) is 0 Å². The molecule has 0 aromatic carbocycles. The molecule has 0 saturated heterocycles. The molecule has 1 rings (SSSR count). The highest BCUT2D eigenvalue weighted by atomic mass is 16.6. The molecule has 1 heterocycles. The highest BCUT2D eigenvalue weighted by Crippen LogP contribution is 2.11. The molecular formula is C8H6N2O3. The Morgan fingerprint density at radius 2 is 2.46 bits per heavy atom. The summed E-state index contributed by atoms with van der Waals surface area (Å²) in [5.41, 5.74) is 0.210. The Morgan fingerprint density at radius 1 is 1.69 bits per heavy atom. The van der Waals surface area contributed by atoms with Gasteiger partial charge in [0.05, 0.1) is 0 Å². The van der Waals surface area contributed by atoms with Crippen molar-refractivity contribution in [2.75, 3.05) is 6.61 Å². The average Bonchev–Trinajstić information content (AvgIpc) is 2.15. The third-order valence-electron chi connectivity index (χ3n) is 1.26. The minimum Gasteiger partial charge on any atom is -0.384 e. The van der Waals surface area contributed by atoms with Gasteiger partial charge in [0.2, 0.25) is 0 Å². The number of aromatic nitrogens is 1. The van der Waals surface area contributed by atoms with Crippen LogP contribution < -0.4 is 0 Å². The van der Waals surface area contributed by atoms with Crippen molar-refractivity contribution in [3.8, 4) is 11.8 Å². The number of nitrogens with zero attached hydrogens (tertiary/aromatic N) is 2. The highest BCUT2D eigenvalue weighted by Gasteiger charge is 2.10. The van der Waals surface area contributed by atoms with Crippen LogP contribution in [0.5, 0.6) is 0 Å². The zero-order valence-electron chi connectivity index (χ0n) is 6.60. The molecular weight excluding hydrogens is 172 g/mol. The van der Waals surface area contributed by atoms with Gasteiger partial charge in [-0.1, -0.05) is 11.8 Å². The molecule has 1 N–H and O–H groups in total. The van der Waals surface area contributed by atoms with Gasteiger partial charge in [0.1, 0.15) is 18.4 Å². The number of nitro groups is 1. The summed E-state index contributed by atoms with van der Waals surface area (Å²) in [6.07, 6.45) is 1.32. The fourth-order valence-electron chi connectivity index (χ4n) is 0.775. The zero-order chi connectivity index (χ0) is 9.68. The molecule has 0 aliphatic carbocycles. The molecule has 0 amide bonds. The van der Waals surface area contributed by atoms with Crippen LogP contribution in [0.2, 0.25) is 0 Å². The van der Waals surface area contributed by atoms with Gasteiger partial charge in [-0.05, 0) is 22.0 Å². The largest absolute Gasteiger partial charge is 0.384 e. The molecule has 0 unspecified atom stereocenters. The van der Waals surface area contributed by atoms with Crippen LogP contribution in [0, 0.1) is 22.0 Å². The number of aliphatic hydroxyl groups excluding tert-OH is 1. The summed E-state index contributed by atoms with van der Waals surface area (Å²) >= 11 is 0. The standard InChI is InChI=1S/C8H6N2O3/c11-6-2-4-7-3-1-5-9-8(7)10(12)13/h1,3,5,11H,6H2. The second-order valence-corrected chi connectivity index (χ2v) is 2.09. The topological polar surface area (TPSA) is 76.3 Å². The van der Waals surface area contributed by atoms with Crippen LogP contribution in [0.1, 0.15) is 5.56 Å². The van der Waals surface area contributed by atoms with E-state index in [1.807, 2.05) is 0 Å². The molecule has 0 saturated carbocycles. The first kappa shape index (κ1) is 9.16. The summed E-state index contributed by atoms with van der Waals surface area (Å²) in [4.78, 5) is 13.3. The number of hydrogen-bond acceptors (Lipinski definition) is 4. The Hall–Kier alpha value is -1.93. The quantitative estimate of drug-likeness (QED) is 0.382. The van der Waals surface area contributed by atoms with Crippen molar-refractivity contribution in [2.24, 2.45) is 0 Å². The normalized spacial score (nSPS) is 8.69. The number of aliphatic hydroxyl groups is 1. The lowest BCUT2D eigenvalue weighted by atomic mass is 10.2. The van der Waals surface area contributed by atoms with Crippen molar-refractivity contribution in [3.63, 3.8) is 0 Å². The first-order chi connectivity index (χ1) is 6.25. The summed E-state index contributed by atoms with van der Waals surface area (Å²) in [6.45, 7) is -0.327. The van der Waals surface area contributed by atoms with Crippen LogP contribution in [0.15, 0.2) is 18.3 Å². The minimum absolute atomic E-state index is 0.210. The minimum atomic E-state index is -0.610. The maximum atomic E-state index is 10.4. The van der Waals surface area contributed by atoms with Gasteiger partial charge in [-0.15, -0.1) is 0 Å². The molecule has 0 atom stereocenters. The summed E-state index contributed by atoms with van der Waals surface area (Å²) in [5, 5.41) is 18.8. The monoisotopic (exact) mass is 178 g/mol. The van der Waals surface area contributed by atoms with Crippen molar-refractivity contribution in [1.82, 2.24) is 4.98 Å². The smallest absolute Gasteiger partial charge is 0.379 e. The molecule has 0 aliphatic heterocycles. The van der Waals surface area contributed by atoms with Crippen molar-refractivity contribution in [1.29, 1.82) is 0 Å². The van der Waals surface area contributed by atoms with Crippen LogP contribution in [-0.2, 0) is 0 Å². The molecule has 0 fully saturated rings. The second-order valence-electron chi connectivity index (χ2n) is 2.09. The lowest BCUT2D eigenvalue weighted by Crippen LogP contribution is -1.94.